The van der Waals surface area contributed by atoms with Gasteiger partial charge in [0.05, 0.1) is 12.0 Å². The lowest BCUT2D eigenvalue weighted by atomic mass is 10.0. The molecule has 0 saturated carbocycles. The predicted octanol–water partition coefficient (Wildman–Crippen LogP) is 1.01. The maximum atomic E-state index is 12.1. The summed E-state index contributed by atoms with van der Waals surface area (Å²) in [5.41, 5.74) is 6.45. The van der Waals surface area contributed by atoms with Crippen LogP contribution in [0.2, 0.25) is 0 Å². The summed E-state index contributed by atoms with van der Waals surface area (Å²) in [4.78, 5) is 12.1. The number of nitrogens with two attached hydrogens (primary N) is 1. The van der Waals surface area contributed by atoms with Crippen molar-refractivity contribution >= 4 is 11.7 Å². The van der Waals surface area contributed by atoms with Gasteiger partial charge in [-0.15, -0.1) is 0 Å². The number of nitrogens with zero attached hydrogens (tertiary/aromatic N) is 1. The minimum Gasteiger partial charge on any atom is -0.491 e. The second-order valence-electron chi connectivity index (χ2n) is 4.40. The molecule has 0 saturated heterocycles. The molecule has 102 valence electrons. The first-order valence-corrected chi connectivity index (χ1v) is 6.16. The van der Waals surface area contributed by atoms with E-state index in [1.54, 1.807) is 6.92 Å². The quantitative estimate of drug-likeness (QED) is 0.327. The number of carbonyl (C=O) groups excluding carboxylic acids is 1. The summed E-state index contributed by atoms with van der Waals surface area (Å²) >= 11 is 0. The Hall–Kier alpha value is -2.24. The third-order valence-electron chi connectivity index (χ3n) is 3.21. The summed E-state index contributed by atoms with van der Waals surface area (Å²) in [6, 6.07) is 7.37. The number of carbonyl (C=O) groups is 1. The normalized spacial score (nSPS) is 19.4. The highest BCUT2D eigenvalue weighted by atomic mass is 16.5. The van der Waals surface area contributed by atoms with Crippen LogP contribution in [0.25, 0.3) is 0 Å². The Morgan fingerprint density at radius 3 is 3.05 bits per heavy atom. The molecule has 1 aromatic carbocycles. The van der Waals surface area contributed by atoms with E-state index in [2.05, 4.69) is 10.5 Å². The van der Waals surface area contributed by atoms with Crippen molar-refractivity contribution in [3.05, 3.63) is 29.8 Å². The molecule has 0 aliphatic carbocycles. The molecule has 0 fully saturated rings. The molecule has 2 unspecified atom stereocenters. The molecule has 1 aliphatic rings. The van der Waals surface area contributed by atoms with Gasteiger partial charge in [-0.1, -0.05) is 30.3 Å². The topological polar surface area (TPSA) is 96.9 Å². The first-order valence-electron chi connectivity index (χ1n) is 6.16. The van der Waals surface area contributed by atoms with Crippen LogP contribution in [-0.4, -0.2) is 23.6 Å². The average Bonchev–Trinajstić information content (AvgIpc) is 2.83. The Morgan fingerprint density at radius 1 is 1.63 bits per heavy atom. The Kier molecular flexibility index (Phi) is 3.89. The van der Waals surface area contributed by atoms with Gasteiger partial charge in [0.2, 0.25) is 5.91 Å². The van der Waals surface area contributed by atoms with Crippen LogP contribution in [0.5, 0.6) is 5.75 Å². The Bertz CT molecular complexity index is 502. The van der Waals surface area contributed by atoms with Crippen molar-refractivity contribution in [2.24, 2.45) is 16.8 Å². The van der Waals surface area contributed by atoms with E-state index in [9.17, 15) is 4.79 Å². The number of amides is 1. The number of oxime groups is 1. The molecule has 19 heavy (non-hydrogen) atoms. The lowest BCUT2D eigenvalue weighted by molar-refractivity contribution is -0.124. The zero-order valence-electron chi connectivity index (χ0n) is 10.7. The van der Waals surface area contributed by atoms with E-state index in [-0.39, 0.29) is 17.8 Å². The van der Waals surface area contributed by atoms with Crippen LogP contribution in [0.15, 0.2) is 29.4 Å². The molecule has 0 aromatic heterocycles. The fraction of sp³-hybridized carbons (Fsp3) is 0.385. The fourth-order valence-electron chi connectivity index (χ4n) is 2.15. The van der Waals surface area contributed by atoms with Crippen LogP contribution < -0.4 is 15.8 Å². The molecule has 1 aromatic rings. The van der Waals surface area contributed by atoms with Crippen LogP contribution in [0.1, 0.15) is 24.9 Å². The number of para-hydroxylation sites is 1. The second kappa shape index (κ2) is 5.60. The Morgan fingerprint density at radius 2 is 2.37 bits per heavy atom. The van der Waals surface area contributed by atoms with Gasteiger partial charge in [-0.05, 0) is 12.5 Å². The van der Waals surface area contributed by atoms with Crippen LogP contribution in [0.3, 0.4) is 0 Å². The zero-order chi connectivity index (χ0) is 13.8. The van der Waals surface area contributed by atoms with Crippen LogP contribution in [0, 0.1) is 5.92 Å². The Labute approximate surface area is 111 Å². The molecule has 2 atom stereocenters. The van der Waals surface area contributed by atoms with E-state index < -0.39 is 5.92 Å². The summed E-state index contributed by atoms with van der Waals surface area (Å²) in [5.74, 6) is -0.183. The molecule has 0 bridgehead atoms. The highest BCUT2D eigenvalue weighted by Crippen LogP contribution is 2.31. The van der Waals surface area contributed by atoms with Crippen LogP contribution in [0.4, 0.5) is 0 Å². The molecule has 0 radical (unpaired) electrons. The van der Waals surface area contributed by atoms with Crippen molar-refractivity contribution in [3.8, 4) is 5.75 Å². The predicted molar refractivity (Wildman–Crippen MR) is 70.0 cm³/mol. The van der Waals surface area contributed by atoms with Crippen LogP contribution >= 0.6 is 0 Å². The number of hydrogen-bond acceptors (Lipinski definition) is 4. The van der Waals surface area contributed by atoms with Gasteiger partial charge in [0.25, 0.3) is 0 Å². The summed E-state index contributed by atoms with van der Waals surface area (Å²) in [6.45, 7) is 2.21. The first kappa shape index (κ1) is 13.2. The Balaban J connectivity index is 2.08. The third-order valence-corrected chi connectivity index (χ3v) is 3.21. The van der Waals surface area contributed by atoms with E-state index in [0.717, 1.165) is 11.3 Å². The van der Waals surface area contributed by atoms with E-state index in [4.69, 9.17) is 15.7 Å². The lowest BCUT2D eigenvalue weighted by Gasteiger charge is -2.17. The minimum absolute atomic E-state index is 0.0767. The molecular formula is C13H17N3O3. The van der Waals surface area contributed by atoms with Crippen molar-refractivity contribution in [2.45, 2.75) is 19.4 Å². The number of fused-ring (bicyclic) bond motifs is 1. The van der Waals surface area contributed by atoms with Gasteiger partial charge in [-0.2, -0.15) is 0 Å². The SMILES string of the molecule is CCC(C(=O)NC1COc2ccccc21)C(N)=NO. The van der Waals surface area contributed by atoms with Crippen molar-refractivity contribution < 1.29 is 14.7 Å². The maximum absolute atomic E-state index is 12.1. The number of rotatable bonds is 4. The molecule has 1 aliphatic heterocycles. The summed E-state index contributed by atoms with van der Waals surface area (Å²) < 4.78 is 5.49. The van der Waals surface area contributed by atoms with Crippen molar-refractivity contribution in [2.75, 3.05) is 6.61 Å². The van der Waals surface area contributed by atoms with Crippen molar-refractivity contribution in [1.82, 2.24) is 5.32 Å². The summed E-state index contributed by atoms with van der Waals surface area (Å²) in [5, 5.41) is 14.4. The second-order valence-corrected chi connectivity index (χ2v) is 4.40. The van der Waals surface area contributed by atoms with Gasteiger partial charge >= 0.3 is 0 Å². The highest BCUT2D eigenvalue weighted by Gasteiger charge is 2.29. The zero-order valence-corrected chi connectivity index (χ0v) is 10.7. The lowest BCUT2D eigenvalue weighted by Crippen LogP contribution is -2.40. The van der Waals surface area contributed by atoms with Gasteiger partial charge in [0, 0.05) is 5.56 Å². The van der Waals surface area contributed by atoms with Gasteiger partial charge in [-0.3, -0.25) is 4.79 Å². The maximum Gasteiger partial charge on any atom is 0.231 e. The smallest absolute Gasteiger partial charge is 0.231 e. The standard InChI is InChI=1S/C13H17N3O3/c1-2-8(12(14)16-18)13(17)15-10-7-19-11-6-4-3-5-9(10)11/h3-6,8,10,18H,2,7H2,1H3,(H2,14,16)(H,15,17). The van der Waals surface area contributed by atoms with Crippen molar-refractivity contribution in [1.29, 1.82) is 0 Å². The summed E-state index contributed by atoms with van der Waals surface area (Å²) in [6.07, 6.45) is 0.469. The van der Waals surface area contributed by atoms with E-state index in [0.29, 0.717) is 13.0 Å². The highest BCUT2D eigenvalue weighted by molar-refractivity contribution is 6.02. The molecule has 1 heterocycles. The molecule has 0 spiro atoms. The molecule has 6 nitrogen and oxygen atoms in total. The molecule has 6 heteroatoms. The van der Waals surface area contributed by atoms with E-state index in [1.807, 2.05) is 24.3 Å². The summed E-state index contributed by atoms with van der Waals surface area (Å²) in [7, 11) is 0. The van der Waals surface area contributed by atoms with Gasteiger partial charge in [0.15, 0.2) is 5.84 Å². The molecule has 2 rings (SSSR count). The molecule has 1 amide bonds. The van der Waals surface area contributed by atoms with E-state index in [1.165, 1.54) is 0 Å². The number of hydrogen-bond donors (Lipinski definition) is 3. The number of benzene rings is 1. The first-order chi connectivity index (χ1) is 9.17. The monoisotopic (exact) mass is 263 g/mol. The number of amidine groups is 1. The minimum atomic E-state index is -0.627. The average molecular weight is 263 g/mol. The largest absolute Gasteiger partial charge is 0.491 e. The molecule has 4 N–H and O–H groups in total. The number of ether oxygens (including phenoxy) is 1. The van der Waals surface area contributed by atoms with Crippen LogP contribution in [-0.2, 0) is 4.79 Å². The van der Waals surface area contributed by atoms with Gasteiger partial charge in [-0.25, -0.2) is 0 Å². The fourth-order valence-corrected chi connectivity index (χ4v) is 2.15. The van der Waals surface area contributed by atoms with Gasteiger partial charge < -0.3 is 21.0 Å². The molecular weight excluding hydrogens is 246 g/mol. The number of nitrogens with one attached hydrogen (secondary N) is 1. The third kappa shape index (κ3) is 2.62. The van der Waals surface area contributed by atoms with E-state index >= 15 is 0 Å². The van der Waals surface area contributed by atoms with Gasteiger partial charge in [0.1, 0.15) is 12.4 Å². The van der Waals surface area contributed by atoms with Crippen molar-refractivity contribution in [3.63, 3.8) is 0 Å².